The number of hydrogen-bond donors (Lipinski definition) is 1. The molecule has 1 aliphatic carbocycles. The molecule has 2 aromatic rings. The van der Waals surface area contributed by atoms with Gasteiger partial charge in [-0.3, -0.25) is 4.79 Å². The van der Waals surface area contributed by atoms with Crippen LogP contribution in [-0.4, -0.2) is 66.2 Å². The molecule has 1 aromatic carbocycles. The van der Waals surface area contributed by atoms with E-state index in [4.69, 9.17) is 14.5 Å². The highest BCUT2D eigenvalue weighted by molar-refractivity contribution is 5.98. The van der Waals surface area contributed by atoms with Crippen molar-refractivity contribution >= 4 is 17.7 Å². The third kappa shape index (κ3) is 4.45. The molecular formula is C24H31N5O3. The monoisotopic (exact) mass is 437 g/mol. The fraction of sp³-hybridized carbons (Fsp3) is 0.542. The first kappa shape index (κ1) is 20.8. The Morgan fingerprint density at radius 1 is 1.03 bits per heavy atom. The number of aryl methyl sites for hydroxylation is 1. The van der Waals surface area contributed by atoms with Crippen molar-refractivity contribution in [1.29, 1.82) is 0 Å². The molecular weight excluding hydrogens is 406 g/mol. The zero-order chi connectivity index (χ0) is 21.9. The second kappa shape index (κ2) is 9.22. The van der Waals surface area contributed by atoms with Crippen LogP contribution in [0.1, 0.15) is 48.2 Å². The summed E-state index contributed by atoms with van der Waals surface area (Å²) < 4.78 is 11.4. The lowest BCUT2D eigenvalue weighted by atomic mass is 9.96. The molecule has 3 aliphatic rings. The van der Waals surface area contributed by atoms with Crippen molar-refractivity contribution in [3.63, 3.8) is 0 Å². The van der Waals surface area contributed by atoms with Crippen molar-refractivity contribution in [1.82, 2.24) is 14.9 Å². The van der Waals surface area contributed by atoms with Gasteiger partial charge in [-0.05, 0) is 31.9 Å². The molecule has 8 nitrogen and oxygen atoms in total. The van der Waals surface area contributed by atoms with Crippen molar-refractivity contribution < 1.29 is 14.3 Å². The van der Waals surface area contributed by atoms with E-state index in [0.717, 1.165) is 30.5 Å². The van der Waals surface area contributed by atoms with Crippen molar-refractivity contribution in [2.24, 2.45) is 0 Å². The van der Waals surface area contributed by atoms with Gasteiger partial charge in [-0.1, -0.05) is 25.3 Å². The molecule has 0 unspecified atom stereocenters. The third-order valence-electron chi connectivity index (χ3n) is 6.47. The Morgan fingerprint density at radius 3 is 2.62 bits per heavy atom. The van der Waals surface area contributed by atoms with Crippen LogP contribution in [0.5, 0.6) is 11.5 Å². The number of ether oxygens (including phenoxy) is 2. The largest absolute Gasteiger partial charge is 0.486 e. The Kier molecular flexibility index (Phi) is 6.01. The molecule has 1 aromatic heterocycles. The topological polar surface area (TPSA) is 79.8 Å². The number of para-hydroxylation sites is 1. The van der Waals surface area contributed by atoms with Gasteiger partial charge in [0.1, 0.15) is 19.0 Å². The first-order valence-corrected chi connectivity index (χ1v) is 11.7. The molecule has 170 valence electrons. The van der Waals surface area contributed by atoms with Gasteiger partial charge in [0, 0.05) is 44.0 Å². The zero-order valence-electron chi connectivity index (χ0n) is 18.7. The maximum atomic E-state index is 13.2. The van der Waals surface area contributed by atoms with Gasteiger partial charge in [-0.15, -0.1) is 0 Å². The predicted octanol–water partition coefficient (Wildman–Crippen LogP) is 3.26. The standard InChI is InChI=1S/C24H31N5O3/c1-17-16-21(27-24(25-17)26-18-6-3-2-4-7-18)28-10-12-29(13-11-28)23(30)19-8-5-9-20-22(19)32-15-14-31-20/h5,8-9,16,18H,2-4,6-7,10-15H2,1H3,(H,25,26,27). The molecule has 0 spiro atoms. The Morgan fingerprint density at radius 2 is 1.81 bits per heavy atom. The van der Waals surface area contributed by atoms with Crippen molar-refractivity contribution in [3.8, 4) is 11.5 Å². The van der Waals surface area contributed by atoms with E-state index in [2.05, 4.69) is 15.2 Å². The minimum absolute atomic E-state index is 0.00878. The smallest absolute Gasteiger partial charge is 0.257 e. The number of nitrogens with one attached hydrogen (secondary N) is 1. The number of aromatic nitrogens is 2. The third-order valence-corrected chi connectivity index (χ3v) is 6.47. The second-order valence-electron chi connectivity index (χ2n) is 8.78. The van der Waals surface area contributed by atoms with Crippen LogP contribution in [-0.2, 0) is 0 Å². The van der Waals surface area contributed by atoms with Crippen LogP contribution in [0.15, 0.2) is 24.3 Å². The number of benzene rings is 1. The van der Waals surface area contributed by atoms with Gasteiger partial charge in [0.05, 0.1) is 5.56 Å². The second-order valence-corrected chi connectivity index (χ2v) is 8.78. The maximum absolute atomic E-state index is 13.2. The highest BCUT2D eigenvalue weighted by Crippen LogP contribution is 2.34. The Labute approximate surface area is 188 Å². The van der Waals surface area contributed by atoms with Gasteiger partial charge in [-0.2, -0.15) is 4.98 Å². The van der Waals surface area contributed by atoms with Crippen molar-refractivity contribution in [3.05, 3.63) is 35.5 Å². The number of anilines is 2. The van der Waals surface area contributed by atoms with Crippen LogP contribution in [0.25, 0.3) is 0 Å². The van der Waals surface area contributed by atoms with Crippen LogP contribution in [0.4, 0.5) is 11.8 Å². The van der Waals surface area contributed by atoms with Gasteiger partial charge in [-0.25, -0.2) is 4.98 Å². The summed E-state index contributed by atoms with van der Waals surface area (Å²) in [6.07, 6.45) is 6.24. The molecule has 1 saturated carbocycles. The normalized spacial score (nSPS) is 19.0. The van der Waals surface area contributed by atoms with Gasteiger partial charge < -0.3 is 24.6 Å². The van der Waals surface area contributed by atoms with E-state index in [-0.39, 0.29) is 5.91 Å². The average Bonchev–Trinajstić information content (AvgIpc) is 2.83. The van der Waals surface area contributed by atoms with Crippen LogP contribution in [0, 0.1) is 6.92 Å². The van der Waals surface area contributed by atoms with E-state index in [1.807, 2.05) is 36.1 Å². The highest BCUT2D eigenvalue weighted by atomic mass is 16.6. The molecule has 8 heteroatoms. The summed E-state index contributed by atoms with van der Waals surface area (Å²) in [4.78, 5) is 26.7. The minimum Gasteiger partial charge on any atom is -0.486 e. The molecule has 1 saturated heterocycles. The lowest BCUT2D eigenvalue weighted by Crippen LogP contribution is -2.49. The summed E-state index contributed by atoms with van der Waals surface area (Å²) in [6, 6.07) is 8.01. The SMILES string of the molecule is Cc1cc(N2CCN(C(=O)c3cccc4c3OCCO4)CC2)nc(NC2CCCCC2)n1. The summed E-state index contributed by atoms with van der Waals surface area (Å²) in [5.74, 6) is 2.85. The number of carbonyl (C=O) groups is 1. The number of carbonyl (C=O) groups excluding carboxylic acids is 1. The van der Waals surface area contributed by atoms with Gasteiger partial charge in [0.15, 0.2) is 11.5 Å². The van der Waals surface area contributed by atoms with E-state index < -0.39 is 0 Å². The molecule has 32 heavy (non-hydrogen) atoms. The average molecular weight is 438 g/mol. The summed E-state index contributed by atoms with van der Waals surface area (Å²) >= 11 is 0. The fourth-order valence-corrected chi connectivity index (χ4v) is 4.76. The Hall–Kier alpha value is -3.03. The lowest BCUT2D eigenvalue weighted by molar-refractivity contribution is 0.0736. The number of rotatable bonds is 4. The molecule has 0 atom stereocenters. The molecule has 3 heterocycles. The van der Waals surface area contributed by atoms with E-state index in [9.17, 15) is 4.79 Å². The van der Waals surface area contributed by atoms with Crippen molar-refractivity contribution in [2.45, 2.75) is 45.1 Å². The summed E-state index contributed by atoms with van der Waals surface area (Å²) in [6.45, 7) is 5.73. The minimum atomic E-state index is -0.00878. The molecule has 5 rings (SSSR count). The van der Waals surface area contributed by atoms with E-state index >= 15 is 0 Å². The Balaban J connectivity index is 1.24. The number of amides is 1. The Bertz CT molecular complexity index is 968. The van der Waals surface area contributed by atoms with E-state index in [1.54, 1.807) is 0 Å². The molecule has 2 fully saturated rings. The molecule has 2 aliphatic heterocycles. The van der Waals surface area contributed by atoms with Crippen LogP contribution >= 0.6 is 0 Å². The molecule has 1 N–H and O–H groups in total. The van der Waals surface area contributed by atoms with Crippen LogP contribution in [0.3, 0.4) is 0 Å². The lowest BCUT2D eigenvalue weighted by Gasteiger charge is -2.36. The number of fused-ring (bicyclic) bond motifs is 1. The number of nitrogens with zero attached hydrogens (tertiary/aromatic N) is 4. The molecule has 0 radical (unpaired) electrons. The van der Waals surface area contributed by atoms with Gasteiger partial charge in [0.25, 0.3) is 5.91 Å². The number of hydrogen-bond acceptors (Lipinski definition) is 7. The molecule has 0 bridgehead atoms. The number of piperazine rings is 1. The van der Waals surface area contributed by atoms with Crippen molar-refractivity contribution in [2.75, 3.05) is 49.6 Å². The summed E-state index contributed by atoms with van der Waals surface area (Å²) in [7, 11) is 0. The van der Waals surface area contributed by atoms with Crippen LogP contribution in [0.2, 0.25) is 0 Å². The quantitative estimate of drug-likeness (QED) is 0.786. The van der Waals surface area contributed by atoms with Gasteiger partial charge >= 0.3 is 0 Å². The maximum Gasteiger partial charge on any atom is 0.257 e. The molecule has 1 amide bonds. The first-order valence-electron chi connectivity index (χ1n) is 11.7. The van der Waals surface area contributed by atoms with E-state index in [1.165, 1.54) is 32.1 Å². The van der Waals surface area contributed by atoms with E-state index in [0.29, 0.717) is 49.4 Å². The highest BCUT2D eigenvalue weighted by Gasteiger charge is 2.28. The zero-order valence-corrected chi connectivity index (χ0v) is 18.7. The predicted molar refractivity (Wildman–Crippen MR) is 123 cm³/mol. The summed E-state index contributed by atoms with van der Waals surface area (Å²) in [5, 5.41) is 3.54. The van der Waals surface area contributed by atoms with Crippen LogP contribution < -0.4 is 19.7 Å². The summed E-state index contributed by atoms with van der Waals surface area (Å²) in [5.41, 5.74) is 1.53. The fourth-order valence-electron chi connectivity index (χ4n) is 4.76. The van der Waals surface area contributed by atoms with Gasteiger partial charge in [0.2, 0.25) is 5.95 Å². The first-order chi connectivity index (χ1) is 15.7.